The number of H-pyrrole nitrogens is 1. The average Bonchev–Trinajstić information content (AvgIpc) is 3.36. The van der Waals surface area contributed by atoms with Gasteiger partial charge in [-0.05, 0) is 37.6 Å². The third kappa shape index (κ3) is 4.75. The number of amides is 1. The SMILES string of the molecule is Cc1ccc(CNC(=O)c2sc(-c3c(OCc4ccccc4)cc[nH]c3=O)nc2C)o1. The molecule has 2 N–H and O–H groups in total. The summed E-state index contributed by atoms with van der Waals surface area (Å²) in [4.78, 5) is 32.8. The van der Waals surface area contributed by atoms with Crippen LogP contribution in [-0.2, 0) is 13.2 Å². The van der Waals surface area contributed by atoms with Crippen molar-refractivity contribution >= 4 is 17.2 Å². The summed E-state index contributed by atoms with van der Waals surface area (Å²) < 4.78 is 11.4. The Morgan fingerprint density at radius 2 is 1.97 bits per heavy atom. The number of nitrogens with one attached hydrogen (secondary N) is 2. The summed E-state index contributed by atoms with van der Waals surface area (Å²) in [7, 11) is 0. The molecule has 0 fully saturated rings. The molecule has 31 heavy (non-hydrogen) atoms. The maximum atomic E-state index is 12.7. The number of hydrogen-bond acceptors (Lipinski definition) is 6. The Labute approximate surface area is 182 Å². The molecule has 0 aliphatic carbocycles. The molecule has 0 spiro atoms. The van der Waals surface area contributed by atoms with E-state index in [1.165, 1.54) is 6.20 Å². The van der Waals surface area contributed by atoms with Crippen LogP contribution in [0.2, 0.25) is 0 Å². The summed E-state index contributed by atoms with van der Waals surface area (Å²) in [6, 6.07) is 15.0. The molecule has 3 heterocycles. The van der Waals surface area contributed by atoms with Crippen LogP contribution in [0.15, 0.2) is 63.9 Å². The molecule has 0 saturated carbocycles. The van der Waals surface area contributed by atoms with E-state index in [1.807, 2.05) is 49.4 Å². The zero-order chi connectivity index (χ0) is 21.8. The number of rotatable bonds is 7. The fraction of sp³-hybridized carbons (Fsp3) is 0.174. The van der Waals surface area contributed by atoms with Gasteiger partial charge in [-0.15, -0.1) is 11.3 Å². The lowest BCUT2D eigenvalue weighted by molar-refractivity contribution is 0.0951. The fourth-order valence-electron chi connectivity index (χ4n) is 3.06. The minimum Gasteiger partial charge on any atom is -0.488 e. The standard InChI is InChI=1S/C23H21N3O4S/c1-14-8-9-17(30-14)12-25-22(28)20-15(2)26-23(31-20)19-18(10-11-24-21(19)27)29-13-16-6-4-3-5-7-16/h3-11H,12-13H2,1-2H3,(H,24,27)(H,25,28). The maximum absolute atomic E-state index is 12.7. The van der Waals surface area contributed by atoms with Crippen LogP contribution in [0.1, 0.15) is 32.4 Å². The molecule has 4 aromatic rings. The molecule has 0 unspecified atom stereocenters. The Bertz CT molecular complexity index is 1260. The summed E-state index contributed by atoms with van der Waals surface area (Å²) in [5, 5.41) is 3.26. The number of aromatic nitrogens is 2. The van der Waals surface area contributed by atoms with E-state index in [0.29, 0.717) is 39.3 Å². The number of thiazole rings is 1. The molecule has 1 amide bonds. The number of aromatic amines is 1. The second-order valence-electron chi connectivity index (χ2n) is 6.95. The predicted octanol–water partition coefficient (Wildman–Crippen LogP) is 4.22. The molecule has 0 saturated heterocycles. The predicted molar refractivity (Wildman–Crippen MR) is 118 cm³/mol. The second-order valence-corrected chi connectivity index (χ2v) is 7.95. The highest BCUT2D eigenvalue weighted by Crippen LogP contribution is 2.32. The highest BCUT2D eigenvalue weighted by molar-refractivity contribution is 7.17. The second kappa shape index (κ2) is 9.01. The first-order valence-corrected chi connectivity index (χ1v) is 10.5. The Morgan fingerprint density at radius 3 is 2.71 bits per heavy atom. The van der Waals surface area contributed by atoms with Crippen LogP contribution in [0, 0.1) is 13.8 Å². The van der Waals surface area contributed by atoms with Gasteiger partial charge in [0, 0.05) is 6.20 Å². The quantitative estimate of drug-likeness (QED) is 0.453. The van der Waals surface area contributed by atoms with Crippen molar-refractivity contribution in [2.45, 2.75) is 27.0 Å². The first kappa shape index (κ1) is 20.6. The first-order valence-electron chi connectivity index (χ1n) is 9.71. The third-order valence-corrected chi connectivity index (χ3v) is 5.77. The van der Waals surface area contributed by atoms with Gasteiger partial charge < -0.3 is 19.5 Å². The summed E-state index contributed by atoms with van der Waals surface area (Å²) in [5.74, 6) is 1.60. The molecule has 0 aliphatic heterocycles. The van der Waals surface area contributed by atoms with E-state index in [2.05, 4.69) is 15.3 Å². The number of carbonyl (C=O) groups is 1. The van der Waals surface area contributed by atoms with Gasteiger partial charge in [0.1, 0.15) is 39.3 Å². The molecular formula is C23H21N3O4S. The minimum absolute atomic E-state index is 0.269. The molecule has 4 rings (SSSR count). The van der Waals surface area contributed by atoms with Crippen molar-refractivity contribution in [3.63, 3.8) is 0 Å². The van der Waals surface area contributed by atoms with Crippen LogP contribution in [0.4, 0.5) is 0 Å². The fourth-order valence-corrected chi connectivity index (χ4v) is 4.09. The van der Waals surface area contributed by atoms with E-state index in [0.717, 1.165) is 22.7 Å². The highest BCUT2D eigenvalue weighted by atomic mass is 32.1. The molecule has 7 nitrogen and oxygen atoms in total. The van der Waals surface area contributed by atoms with Gasteiger partial charge in [-0.1, -0.05) is 30.3 Å². The number of pyridine rings is 1. The molecular weight excluding hydrogens is 414 g/mol. The van der Waals surface area contributed by atoms with E-state index in [1.54, 1.807) is 13.0 Å². The van der Waals surface area contributed by atoms with E-state index < -0.39 is 0 Å². The number of aryl methyl sites for hydroxylation is 2. The third-order valence-electron chi connectivity index (χ3n) is 4.60. The highest BCUT2D eigenvalue weighted by Gasteiger charge is 2.21. The minimum atomic E-state index is -0.322. The van der Waals surface area contributed by atoms with Gasteiger partial charge in [-0.25, -0.2) is 4.98 Å². The van der Waals surface area contributed by atoms with Crippen LogP contribution in [0.3, 0.4) is 0 Å². The van der Waals surface area contributed by atoms with Crippen LogP contribution < -0.4 is 15.6 Å². The molecule has 0 atom stereocenters. The van der Waals surface area contributed by atoms with Crippen molar-refractivity contribution in [1.29, 1.82) is 0 Å². The lowest BCUT2D eigenvalue weighted by Crippen LogP contribution is -2.22. The number of carbonyl (C=O) groups excluding carboxylic acids is 1. The lowest BCUT2D eigenvalue weighted by Gasteiger charge is -2.09. The van der Waals surface area contributed by atoms with Crippen molar-refractivity contribution < 1.29 is 13.9 Å². The Kier molecular flexibility index (Phi) is 5.99. The van der Waals surface area contributed by atoms with E-state index in [-0.39, 0.29) is 18.0 Å². The molecule has 3 aromatic heterocycles. The lowest BCUT2D eigenvalue weighted by atomic mass is 10.2. The van der Waals surface area contributed by atoms with Gasteiger partial charge in [0.2, 0.25) is 0 Å². The van der Waals surface area contributed by atoms with Crippen molar-refractivity contribution in [3.05, 3.63) is 92.7 Å². The molecule has 0 aliphatic rings. The summed E-state index contributed by atoms with van der Waals surface area (Å²) in [5.41, 5.74) is 1.52. The van der Waals surface area contributed by atoms with E-state index >= 15 is 0 Å². The monoisotopic (exact) mass is 435 g/mol. The van der Waals surface area contributed by atoms with Gasteiger partial charge in [-0.2, -0.15) is 0 Å². The van der Waals surface area contributed by atoms with Crippen molar-refractivity contribution in [2.24, 2.45) is 0 Å². The first-order chi connectivity index (χ1) is 15.0. The van der Waals surface area contributed by atoms with Gasteiger partial charge in [0.05, 0.1) is 12.2 Å². The van der Waals surface area contributed by atoms with Crippen molar-refractivity contribution in [2.75, 3.05) is 0 Å². The van der Waals surface area contributed by atoms with E-state index in [4.69, 9.17) is 9.15 Å². The maximum Gasteiger partial charge on any atom is 0.263 e. The van der Waals surface area contributed by atoms with Gasteiger partial charge in [-0.3, -0.25) is 9.59 Å². The summed E-state index contributed by atoms with van der Waals surface area (Å²) in [6.07, 6.45) is 1.53. The Morgan fingerprint density at radius 1 is 1.16 bits per heavy atom. The topological polar surface area (TPSA) is 97.2 Å². The smallest absolute Gasteiger partial charge is 0.263 e. The molecule has 0 bridgehead atoms. The largest absolute Gasteiger partial charge is 0.488 e. The summed E-state index contributed by atoms with van der Waals surface area (Å²) in [6.45, 7) is 4.18. The molecule has 1 aromatic carbocycles. The zero-order valence-electron chi connectivity index (χ0n) is 17.1. The van der Waals surface area contributed by atoms with Gasteiger partial charge in [0.15, 0.2) is 0 Å². The van der Waals surface area contributed by atoms with Crippen LogP contribution in [0.25, 0.3) is 10.6 Å². The zero-order valence-corrected chi connectivity index (χ0v) is 17.9. The van der Waals surface area contributed by atoms with E-state index in [9.17, 15) is 9.59 Å². The number of benzene rings is 1. The Hall–Kier alpha value is -3.65. The van der Waals surface area contributed by atoms with Gasteiger partial charge in [0.25, 0.3) is 11.5 Å². The number of furan rings is 1. The van der Waals surface area contributed by atoms with Crippen molar-refractivity contribution in [3.8, 4) is 16.3 Å². The van der Waals surface area contributed by atoms with Gasteiger partial charge >= 0.3 is 0 Å². The molecule has 8 heteroatoms. The average molecular weight is 436 g/mol. The van der Waals surface area contributed by atoms with Crippen LogP contribution in [-0.4, -0.2) is 15.9 Å². The van der Waals surface area contributed by atoms with Crippen molar-refractivity contribution in [1.82, 2.24) is 15.3 Å². The van der Waals surface area contributed by atoms with Crippen LogP contribution >= 0.6 is 11.3 Å². The van der Waals surface area contributed by atoms with Crippen LogP contribution in [0.5, 0.6) is 5.75 Å². The Balaban J connectivity index is 1.56. The number of ether oxygens (including phenoxy) is 1. The number of nitrogens with zero attached hydrogens (tertiary/aromatic N) is 1. The normalized spacial score (nSPS) is 10.8. The molecule has 158 valence electrons. The summed E-state index contributed by atoms with van der Waals surface area (Å²) >= 11 is 1.16. The number of hydrogen-bond donors (Lipinski definition) is 2. The molecule has 0 radical (unpaired) electrons.